The third-order valence-electron chi connectivity index (χ3n) is 3.23. The summed E-state index contributed by atoms with van der Waals surface area (Å²) in [5, 5.41) is 0. The average Bonchev–Trinajstić information content (AvgIpc) is 2.70. The second kappa shape index (κ2) is 4.88. The van der Waals surface area contributed by atoms with Gasteiger partial charge in [0.2, 0.25) is 0 Å². The lowest BCUT2D eigenvalue weighted by Gasteiger charge is -2.14. The van der Waals surface area contributed by atoms with Crippen LogP contribution in [0.4, 0.5) is 4.39 Å². The van der Waals surface area contributed by atoms with Crippen LogP contribution >= 0.6 is 0 Å². The highest BCUT2D eigenvalue weighted by atomic mass is 19.1. The molecule has 100 valence electrons. The number of esters is 1. The Bertz CT molecular complexity index is 624. The fraction of sp³-hybridized carbons (Fsp3) is 0.267. The van der Waals surface area contributed by atoms with Crippen molar-refractivity contribution in [1.29, 1.82) is 0 Å². The number of methoxy groups -OCH3 is 1. The van der Waals surface area contributed by atoms with Crippen LogP contribution in [0.1, 0.15) is 27.3 Å². The van der Waals surface area contributed by atoms with Crippen molar-refractivity contribution in [1.82, 2.24) is 4.57 Å². The van der Waals surface area contributed by atoms with Gasteiger partial charge in [-0.3, -0.25) is 0 Å². The first-order chi connectivity index (χ1) is 8.97. The molecule has 2 rings (SSSR count). The van der Waals surface area contributed by atoms with Gasteiger partial charge < -0.3 is 9.30 Å². The minimum absolute atomic E-state index is 0.00694. The molecule has 0 aliphatic rings. The standard InChI is InChI=1S/C15H16FNO2/c1-9-5-8-12(14(16)13(9)15(18)19-4)17-10(2)6-7-11(17)3/h5-8H,1-4H3. The van der Waals surface area contributed by atoms with Gasteiger partial charge in [-0.25, -0.2) is 9.18 Å². The van der Waals surface area contributed by atoms with Crippen LogP contribution in [0.3, 0.4) is 0 Å². The molecule has 1 aromatic carbocycles. The predicted molar refractivity (Wildman–Crippen MR) is 71.3 cm³/mol. The lowest BCUT2D eigenvalue weighted by atomic mass is 10.1. The molecule has 0 atom stereocenters. The molecule has 0 bridgehead atoms. The van der Waals surface area contributed by atoms with Crippen molar-refractivity contribution in [2.45, 2.75) is 20.8 Å². The van der Waals surface area contributed by atoms with E-state index in [2.05, 4.69) is 4.74 Å². The Kier molecular flexibility index (Phi) is 3.42. The quantitative estimate of drug-likeness (QED) is 0.776. The Balaban J connectivity index is 2.71. The van der Waals surface area contributed by atoms with Crippen LogP contribution in [0, 0.1) is 26.6 Å². The Labute approximate surface area is 111 Å². The number of hydrogen-bond donors (Lipinski definition) is 0. The van der Waals surface area contributed by atoms with Crippen molar-refractivity contribution in [3.63, 3.8) is 0 Å². The molecule has 0 N–H and O–H groups in total. The maximum Gasteiger partial charge on any atom is 0.341 e. The first-order valence-electron chi connectivity index (χ1n) is 6.00. The number of ether oxygens (including phenoxy) is 1. The van der Waals surface area contributed by atoms with E-state index in [1.54, 1.807) is 23.6 Å². The molecule has 4 heteroatoms. The van der Waals surface area contributed by atoms with Gasteiger partial charge in [0.15, 0.2) is 5.82 Å². The van der Waals surface area contributed by atoms with Gasteiger partial charge in [-0.05, 0) is 44.5 Å². The Hall–Kier alpha value is -2.10. The zero-order valence-corrected chi connectivity index (χ0v) is 11.5. The van der Waals surface area contributed by atoms with Crippen LogP contribution in [0.5, 0.6) is 0 Å². The van der Waals surface area contributed by atoms with Crippen molar-refractivity contribution in [3.05, 3.63) is 52.6 Å². The number of nitrogens with zero attached hydrogens (tertiary/aromatic N) is 1. The lowest BCUT2D eigenvalue weighted by molar-refractivity contribution is 0.0594. The molecule has 0 radical (unpaired) electrons. The van der Waals surface area contributed by atoms with Crippen molar-refractivity contribution in [2.24, 2.45) is 0 Å². The summed E-state index contributed by atoms with van der Waals surface area (Å²) in [6, 6.07) is 7.22. The van der Waals surface area contributed by atoms with Crippen LogP contribution in [0.15, 0.2) is 24.3 Å². The highest BCUT2D eigenvalue weighted by Crippen LogP contribution is 2.24. The maximum atomic E-state index is 14.6. The molecule has 1 heterocycles. The SMILES string of the molecule is COC(=O)c1c(C)ccc(-n2c(C)ccc2C)c1F. The van der Waals surface area contributed by atoms with Gasteiger partial charge in [-0.15, -0.1) is 0 Å². The normalized spacial score (nSPS) is 10.6. The number of benzene rings is 1. The third kappa shape index (κ3) is 2.14. The van der Waals surface area contributed by atoms with Crippen LogP contribution < -0.4 is 0 Å². The van der Waals surface area contributed by atoms with E-state index in [4.69, 9.17) is 0 Å². The summed E-state index contributed by atoms with van der Waals surface area (Å²) in [5.41, 5.74) is 2.75. The Morgan fingerprint density at radius 2 is 1.68 bits per heavy atom. The first-order valence-corrected chi connectivity index (χ1v) is 6.00. The van der Waals surface area contributed by atoms with Gasteiger partial charge in [-0.2, -0.15) is 0 Å². The molecule has 0 spiro atoms. The fourth-order valence-corrected chi connectivity index (χ4v) is 2.24. The third-order valence-corrected chi connectivity index (χ3v) is 3.23. The van der Waals surface area contributed by atoms with E-state index < -0.39 is 11.8 Å². The minimum atomic E-state index is -0.653. The second-order valence-corrected chi connectivity index (χ2v) is 4.53. The Morgan fingerprint density at radius 1 is 1.11 bits per heavy atom. The number of halogens is 1. The summed E-state index contributed by atoms with van der Waals surface area (Å²) < 4.78 is 21.0. The van der Waals surface area contributed by atoms with E-state index in [-0.39, 0.29) is 5.56 Å². The van der Waals surface area contributed by atoms with E-state index in [0.717, 1.165) is 11.4 Å². The van der Waals surface area contributed by atoms with E-state index in [1.807, 2.05) is 26.0 Å². The molecular formula is C15H16FNO2. The number of carbonyl (C=O) groups is 1. The van der Waals surface area contributed by atoms with Gasteiger partial charge in [-0.1, -0.05) is 6.07 Å². The van der Waals surface area contributed by atoms with Gasteiger partial charge >= 0.3 is 5.97 Å². The summed E-state index contributed by atoms with van der Waals surface area (Å²) in [6.07, 6.45) is 0. The summed E-state index contributed by atoms with van der Waals surface area (Å²) in [5.74, 6) is -1.20. The molecule has 0 amide bonds. The summed E-state index contributed by atoms with van der Waals surface area (Å²) in [4.78, 5) is 11.7. The number of aromatic nitrogens is 1. The van der Waals surface area contributed by atoms with Gasteiger partial charge in [0, 0.05) is 11.4 Å². The van der Waals surface area contributed by atoms with Gasteiger partial charge in [0.1, 0.15) is 5.56 Å². The second-order valence-electron chi connectivity index (χ2n) is 4.53. The fourth-order valence-electron chi connectivity index (χ4n) is 2.24. The molecule has 0 fully saturated rings. The van der Waals surface area contributed by atoms with E-state index >= 15 is 0 Å². The van der Waals surface area contributed by atoms with Crippen LogP contribution in [-0.2, 0) is 4.74 Å². The molecule has 0 unspecified atom stereocenters. The van der Waals surface area contributed by atoms with E-state index in [9.17, 15) is 9.18 Å². The molecular weight excluding hydrogens is 245 g/mol. The number of aryl methyl sites for hydroxylation is 3. The smallest absolute Gasteiger partial charge is 0.341 e. The van der Waals surface area contributed by atoms with Crippen LogP contribution in [0.25, 0.3) is 5.69 Å². The molecule has 2 aromatic rings. The largest absolute Gasteiger partial charge is 0.465 e. The molecule has 0 aliphatic heterocycles. The predicted octanol–water partition coefficient (Wildman–Crippen LogP) is 3.33. The molecule has 0 aliphatic carbocycles. The van der Waals surface area contributed by atoms with Crippen LogP contribution in [0.2, 0.25) is 0 Å². The summed E-state index contributed by atoms with van der Waals surface area (Å²) in [6.45, 7) is 5.47. The maximum absolute atomic E-state index is 14.6. The molecule has 1 aromatic heterocycles. The molecule has 3 nitrogen and oxygen atoms in total. The van der Waals surface area contributed by atoms with Crippen molar-refractivity contribution >= 4 is 5.97 Å². The molecule has 0 saturated carbocycles. The lowest BCUT2D eigenvalue weighted by Crippen LogP contribution is -2.11. The van der Waals surface area contributed by atoms with Gasteiger partial charge in [0.25, 0.3) is 0 Å². The summed E-state index contributed by atoms with van der Waals surface area (Å²) in [7, 11) is 1.25. The minimum Gasteiger partial charge on any atom is -0.465 e. The highest BCUT2D eigenvalue weighted by molar-refractivity contribution is 5.92. The van der Waals surface area contributed by atoms with E-state index in [1.165, 1.54) is 7.11 Å². The zero-order valence-electron chi connectivity index (χ0n) is 11.5. The molecule has 0 saturated heterocycles. The van der Waals surface area contributed by atoms with Crippen molar-refractivity contribution in [3.8, 4) is 5.69 Å². The van der Waals surface area contributed by atoms with Crippen molar-refractivity contribution in [2.75, 3.05) is 7.11 Å². The topological polar surface area (TPSA) is 31.2 Å². The highest BCUT2D eigenvalue weighted by Gasteiger charge is 2.20. The molecule has 19 heavy (non-hydrogen) atoms. The number of hydrogen-bond acceptors (Lipinski definition) is 2. The Morgan fingerprint density at radius 3 is 2.21 bits per heavy atom. The van der Waals surface area contributed by atoms with Crippen LogP contribution in [-0.4, -0.2) is 17.6 Å². The number of rotatable bonds is 2. The van der Waals surface area contributed by atoms with E-state index in [0.29, 0.717) is 11.3 Å². The summed E-state index contributed by atoms with van der Waals surface area (Å²) >= 11 is 0. The first kappa shape index (κ1) is 13.3. The van der Waals surface area contributed by atoms with Gasteiger partial charge in [0.05, 0.1) is 12.8 Å². The number of carbonyl (C=O) groups excluding carboxylic acids is 1. The monoisotopic (exact) mass is 261 g/mol. The average molecular weight is 261 g/mol. The zero-order chi connectivity index (χ0) is 14.2. The van der Waals surface area contributed by atoms with Crippen molar-refractivity contribution < 1.29 is 13.9 Å².